The van der Waals surface area contributed by atoms with Gasteiger partial charge in [0, 0.05) is 25.9 Å². The predicted octanol–water partition coefficient (Wildman–Crippen LogP) is 4.03. The van der Waals surface area contributed by atoms with Crippen molar-refractivity contribution in [2.24, 2.45) is 0 Å². The second-order valence-electron chi connectivity index (χ2n) is 7.47. The first-order chi connectivity index (χ1) is 14.6. The molecular weight excluding hydrogens is 379 g/mol. The molecule has 3 aromatic rings. The number of carbonyl (C=O) groups excluding carboxylic acids is 1. The maximum Gasteiger partial charge on any atom is 0.228 e. The summed E-state index contributed by atoms with van der Waals surface area (Å²) in [6.07, 6.45) is 5.22. The second-order valence-corrected chi connectivity index (χ2v) is 7.47. The van der Waals surface area contributed by atoms with Crippen LogP contribution in [0.4, 0.5) is 10.3 Å². The molecule has 30 heavy (non-hydrogen) atoms. The van der Waals surface area contributed by atoms with Crippen LogP contribution in [0.3, 0.4) is 0 Å². The maximum absolute atomic E-state index is 13.9. The smallest absolute Gasteiger partial charge is 0.228 e. The fourth-order valence-electron chi connectivity index (χ4n) is 3.65. The molecule has 4 rings (SSSR count). The van der Waals surface area contributed by atoms with E-state index in [4.69, 9.17) is 0 Å². The monoisotopic (exact) mass is 402 g/mol. The third-order valence-electron chi connectivity index (χ3n) is 5.16. The highest BCUT2D eigenvalue weighted by molar-refractivity contribution is 5.78. The molecule has 0 radical (unpaired) electrons. The Hall–Kier alpha value is -3.41. The molecule has 152 valence electrons. The van der Waals surface area contributed by atoms with Gasteiger partial charge in [0.15, 0.2) is 0 Å². The van der Waals surface area contributed by atoms with Crippen molar-refractivity contribution in [3.8, 4) is 0 Å². The van der Waals surface area contributed by atoms with E-state index in [2.05, 4.69) is 50.2 Å². The molecule has 0 saturated heterocycles. The predicted molar refractivity (Wildman–Crippen MR) is 115 cm³/mol. The Balaban J connectivity index is 1.47. The van der Waals surface area contributed by atoms with Crippen molar-refractivity contribution in [2.45, 2.75) is 26.2 Å². The van der Waals surface area contributed by atoms with Crippen molar-refractivity contribution in [3.63, 3.8) is 0 Å². The molecule has 1 aliphatic heterocycles. The van der Waals surface area contributed by atoms with E-state index in [1.165, 1.54) is 30.5 Å². The molecule has 2 aromatic carbocycles. The molecule has 1 aliphatic rings. The number of hydrogen-bond donors (Lipinski definition) is 0. The van der Waals surface area contributed by atoms with Gasteiger partial charge in [-0.2, -0.15) is 4.98 Å². The van der Waals surface area contributed by atoms with Crippen LogP contribution in [0.5, 0.6) is 0 Å². The van der Waals surface area contributed by atoms with Crippen molar-refractivity contribution in [3.05, 3.63) is 89.3 Å². The standard InChI is InChI=1S/C24H23FN4O/c1-17(30)13-21-14-18(7-8-22(21)25)15-23-26-16-27-24(28-23)29-11-9-20(10-12-29)19-5-3-2-4-6-19/h2-9,14,16H,10-13,15H2,1H3. The molecule has 0 saturated carbocycles. The second kappa shape index (κ2) is 8.95. The van der Waals surface area contributed by atoms with E-state index in [1.807, 2.05) is 6.07 Å². The largest absolute Gasteiger partial charge is 0.337 e. The van der Waals surface area contributed by atoms with Gasteiger partial charge in [-0.1, -0.05) is 48.5 Å². The molecule has 0 spiro atoms. The van der Waals surface area contributed by atoms with Crippen molar-refractivity contribution < 1.29 is 9.18 Å². The van der Waals surface area contributed by atoms with Gasteiger partial charge in [-0.05, 0) is 41.7 Å². The molecule has 0 N–H and O–H groups in total. The summed E-state index contributed by atoms with van der Waals surface area (Å²) < 4.78 is 13.9. The van der Waals surface area contributed by atoms with Crippen LogP contribution >= 0.6 is 0 Å². The number of rotatable bonds is 6. The SMILES string of the molecule is CC(=O)Cc1cc(Cc2ncnc(N3CC=C(c4ccccc4)CC3)n2)ccc1F. The average molecular weight is 402 g/mol. The molecule has 0 unspecified atom stereocenters. The first-order valence-electron chi connectivity index (χ1n) is 10.0. The van der Waals surface area contributed by atoms with E-state index in [0.29, 0.717) is 23.8 Å². The highest BCUT2D eigenvalue weighted by Crippen LogP contribution is 2.24. The summed E-state index contributed by atoms with van der Waals surface area (Å²) in [7, 11) is 0. The minimum Gasteiger partial charge on any atom is -0.337 e. The van der Waals surface area contributed by atoms with Crippen molar-refractivity contribution in [2.75, 3.05) is 18.0 Å². The lowest BCUT2D eigenvalue weighted by Crippen LogP contribution is -2.30. The Morgan fingerprint density at radius 1 is 1.13 bits per heavy atom. The zero-order valence-corrected chi connectivity index (χ0v) is 16.9. The fraction of sp³-hybridized carbons (Fsp3) is 0.250. The number of aromatic nitrogens is 3. The van der Waals surface area contributed by atoms with Crippen LogP contribution < -0.4 is 4.90 Å². The van der Waals surface area contributed by atoms with Crippen molar-refractivity contribution >= 4 is 17.3 Å². The molecule has 0 amide bonds. The van der Waals surface area contributed by atoms with Crippen LogP contribution in [-0.4, -0.2) is 33.8 Å². The number of halogens is 1. The van der Waals surface area contributed by atoms with Gasteiger partial charge < -0.3 is 4.90 Å². The summed E-state index contributed by atoms with van der Waals surface area (Å²) in [5.41, 5.74) is 3.87. The number of hydrogen-bond acceptors (Lipinski definition) is 5. The zero-order chi connectivity index (χ0) is 20.9. The average Bonchev–Trinajstić information content (AvgIpc) is 2.77. The van der Waals surface area contributed by atoms with Crippen LogP contribution in [0.25, 0.3) is 5.57 Å². The Morgan fingerprint density at radius 2 is 1.97 bits per heavy atom. The Labute approximate surface area is 175 Å². The van der Waals surface area contributed by atoms with Crippen LogP contribution in [0.2, 0.25) is 0 Å². The number of ketones is 1. The normalized spacial score (nSPS) is 13.8. The molecule has 0 bridgehead atoms. The minimum absolute atomic E-state index is 0.0680. The van der Waals surface area contributed by atoms with E-state index in [-0.39, 0.29) is 18.0 Å². The molecule has 0 aliphatic carbocycles. The lowest BCUT2D eigenvalue weighted by atomic mass is 10.00. The van der Waals surface area contributed by atoms with E-state index in [9.17, 15) is 9.18 Å². The van der Waals surface area contributed by atoms with Crippen LogP contribution in [-0.2, 0) is 17.6 Å². The van der Waals surface area contributed by atoms with Crippen LogP contribution in [0, 0.1) is 5.82 Å². The number of anilines is 1. The minimum atomic E-state index is -0.361. The summed E-state index contributed by atoms with van der Waals surface area (Å²) in [6, 6.07) is 15.2. The molecule has 0 fully saturated rings. The van der Waals surface area contributed by atoms with Gasteiger partial charge in [0.1, 0.15) is 23.8 Å². The summed E-state index contributed by atoms with van der Waals surface area (Å²) in [6.45, 7) is 3.04. The number of nitrogens with zero attached hydrogens (tertiary/aromatic N) is 4. The molecular formula is C24H23FN4O. The molecule has 1 aromatic heterocycles. The highest BCUT2D eigenvalue weighted by atomic mass is 19.1. The van der Waals surface area contributed by atoms with E-state index >= 15 is 0 Å². The third kappa shape index (κ3) is 4.76. The van der Waals surface area contributed by atoms with Gasteiger partial charge in [-0.25, -0.2) is 14.4 Å². The quantitative estimate of drug-likeness (QED) is 0.623. The summed E-state index contributed by atoms with van der Waals surface area (Å²) in [5, 5.41) is 0. The van der Waals surface area contributed by atoms with Crippen molar-refractivity contribution in [1.29, 1.82) is 0 Å². The maximum atomic E-state index is 13.9. The van der Waals surface area contributed by atoms with Crippen LogP contribution in [0.1, 0.15) is 35.9 Å². The van der Waals surface area contributed by atoms with E-state index < -0.39 is 0 Å². The van der Waals surface area contributed by atoms with Crippen LogP contribution in [0.15, 0.2) is 60.9 Å². The Kier molecular flexibility index (Phi) is 5.93. The topological polar surface area (TPSA) is 59.0 Å². The van der Waals surface area contributed by atoms with Gasteiger partial charge in [-0.3, -0.25) is 4.79 Å². The lowest BCUT2D eigenvalue weighted by Gasteiger charge is -2.26. The zero-order valence-electron chi connectivity index (χ0n) is 16.9. The van der Waals surface area contributed by atoms with E-state index in [1.54, 1.807) is 12.1 Å². The third-order valence-corrected chi connectivity index (χ3v) is 5.16. The summed E-state index contributed by atoms with van der Waals surface area (Å²) in [5.74, 6) is 0.841. The molecule has 2 heterocycles. The first-order valence-corrected chi connectivity index (χ1v) is 10.0. The first kappa shape index (κ1) is 19.9. The number of Topliss-reactive ketones (excluding diaryl/α,β-unsaturated/α-hetero) is 1. The van der Waals surface area contributed by atoms with Gasteiger partial charge in [0.2, 0.25) is 5.95 Å². The summed E-state index contributed by atoms with van der Waals surface area (Å²) in [4.78, 5) is 26.7. The molecule has 5 nitrogen and oxygen atoms in total. The van der Waals surface area contributed by atoms with Gasteiger partial charge in [0.25, 0.3) is 0 Å². The Morgan fingerprint density at radius 3 is 2.70 bits per heavy atom. The lowest BCUT2D eigenvalue weighted by molar-refractivity contribution is -0.116. The Bertz CT molecular complexity index is 1080. The number of carbonyl (C=O) groups is 1. The molecule has 6 heteroatoms. The van der Waals surface area contributed by atoms with Gasteiger partial charge in [0.05, 0.1) is 0 Å². The summed E-state index contributed by atoms with van der Waals surface area (Å²) >= 11 is 0. The molecule has 0 atom stereocenters. The highest BCUT2D eigenvalue weighted by Gasteiger charge is 2.16. The van der Waals surface area contributed by atoms with E-state index in [0.717, 1.165) is 25.1 Å². The number of benzene rings is 2. The van der Waals surface area contributed by atoms with Crippen molar-refractivity contribution in [1.82, 2.24) is 15.0 Å². The van der Waals surface area contributed by atoms with Gasteiger partial charge in [-0.15, -0.1) is 0 Å². The fourth-order valence-corrected chi connectivity index (χ4v) is 3.65. The van der Waals surface area contributed by atoms with Gasteiger partial charge >= 0.3 is 0 Å².